The lowest BCUT2D eigenvalue weighted by Crippen LogP contribution is -2.63. The first-order valence-electron chi connectivity index (χ1n) is 7.95. The van der Waals surface area contributed by atoms with Gasteiger partial charge in [-0.3, -0.25) is 4.90 Å². The summed E-state index contributed by atoms with van der Waals surface area (Å²) in [5.41, 5.74) is 1.43. The molecule has 1 aromatic rings. The lowest BCUT2D eigenvalue weighted by molar-refractivity contribution is 0.0270. The molecular formula is C17H24BrFN2. The molecule has 1 aromatic carbocycles. The molecular weight excluding hydrogens is 331 g/mol. The Morgan fingerprint density at radius 1 is 1.43 bits per heavy atom. The van der Waals surface area contributed by atoms with Crippen molar-refractivity contribution < 1.29 is 4.39 Å². The van der Waals surface area contributed by atoms with Gasteiger partial charge in [0.15, 0.2) is 0 Å². The van der Waals surface area contributed by atoms with E-state index < -0.39 is 0 Å². The topological polar surface area (TPSA) is 15.3 Å². The summed E-state index contributed by atoms with van der Waals surface area (Å²) in [5.74, 6) is 0.627. The molecule has 0 spiro atoms. The monoisotopic (exact) mass is 354 g/mol. The molecule has 0 radical (unpaired) electrons. The molecule has 2 aliphatic rings. The van der Waals surface area contributed by atoms with Crippen LogP contribution in [0.4, 0.5) is 4.39 Å². The minimum atomic E-state index is -0.185. The van der Waals surface area contributed by atoms with Crippen molar-refractivity contribution in [2.75, 3.05) is 13.1 Å². The third kappa shape index (κ3) is 3.17. The van der Waals surface area contributed by atoms with Gasteiger partial charge in [-0.25, -0.2) is 4.39 Å². The SMILES string of the molecule is CCC1CN(Cc2ccc(F)c(Br)c2)C(C)(C2CC2)CN1. The van der Waals surface area contributed by atoms with E-state index in [1.807, 2.05) is 12.1 Å². The van der Waals surface area contributed by atoms with E-state index in [1.54, 1.807) is 6.07 Å². The fourth-order valence-electron chi connectivity index (χ4n) is 3.49. The average molecular weight is 355 g/mol. The Morgan fingerprint density at radius 3 is 2.81 bits per heavy atom. The first-order valence-corrected chi connectivity index (χ1v) is 8.74. The highest BCUT2D eigenvalue weighted by Crippen LogP contribution is 2.44. The number of nitrogens with one attached hydrogen (secondary N) is 1. The number of benzene rings is 1. The van der Waals surface area contributed by atoms with Gasteiger partial charge in [-0.2, -0.15) is 0 Å². The van der Waals surface area contributed by atoms with E-state index in [4.69, 9.17) is 0 Å². The first-order chi connectivity index (χ1) is 10.0. The second-order valence-corrected chi connectivity index (χ2v) is 7.60. The molecule has 4 heteroatoms. The maximum Gasteiger partial charge on any atom is 0.137 e. The van der Waals surface area contributed by atoms with Crippen molar-refractivity contribution in [3.05, 3.63) is 34.1 Å². The molecule has 2 unspecified atom stereocenters. The fraction of sp³-hybridized carbons (Fsp3) is 0.647. The van der Waals surface area contributed by atoms with Gasteiger partial charge in [0, 0.05) is 31.2 Å². The number of piperazine rings is 1. The molecule has 1 aliphatic heterocycles. The standard InChI is InChI=1S/C17H24BrFN2/c1-3-14-10-21(17(2,11-20-14)13-5-6-13)9-12-4-7-16(19)15(18)8-12/h4,7-8,13-14,20H,3,5-6,9-11H2,1-2H3. The van der Waals surface area contributed by atoms with Crippen LogP contribution in [0.1, 0.15) is 38.7 Å². The minimum absolute atomic E-state index is 0.185. The van der Waals surface area contributed by atoms with Crippen molar-refractivity contribution in [2.45, 2.75) is 51.2 Å². The molecule has 0 amide bonds. The number of nitrogens with zero attached hydrogens (tertiary/aromatic N) is 1. The van der Waals surface area contributed by atoms with Crippen LogP contribution in [0.25, 0.3) is 0 Å². The molecule has 2 fully saturated rings. The fourth-order valence-corrected chi connectivity index (χ4v) is 3.91. The van der Waals surface area contributed by atoms with Crippen LogP contribution in [0, 0.1) is 11.7 Å². The summed E-state index contributed by atoms with van der Waals surface area (Å²) in [7, 11) is 0. The average Bonchev–Trinajstić information content (AvgIpc) is 3.30. The van der Waals surface area contributed by atoms with Gasteiger partial charge in [0.2, 0.25) is 0 Å². The maximum absolute atomic E-state index is 13.4. The van der Waals surface area contributed by atoms with Crippen LogP contribution in [-0.2, 0) is 6.54 Å². The molecule has 0 bridgehead atoms. The van der Waals surface area contributed by atoms with Crippen LogP contribution in [-0.4, -0.2) is 29.6 Å². The Hall–Kier alpha value is -0.450. The predicted molar refractivity (Wildman–Crippen MR) is 87.7 cm³/mol. The highest BCUT2D eigenvalue weighted by atomic mass is 79.9. The summed E-state index contributed by atoms with van der Waals surface area (Å²) >= 11 is 3.30. The summed E-state index contributed by atoms with van der Waals surface area (Å²) in [6, 6.07) is 5.97. The van der Waals surface area contributed by atoms with Crippen molar-refractivity contribution >= 4 is 15.9 Å². The molecule has 1 aliphatic carbocycles. The van der Waals surface area contributed by atoms with Crippen LogP contribution in [0.15, 0.2) is 22.7 Å². The molecule has 1 saturated carbocycles. The second kappa shape index (κ2) is 5.98. The Labute approximate surface area is 135 Å². The van der Waals surface area contributed by atoms with Crippen LogP contribution in [0.3, 0.4) is 0 Å². The smallest absolute Gasteiger partial charge is 0.137 e. The summed E-state index contributed by atoms with van der Waals surface area (Å²) in [6.07, 6.45) is 3.85. The number of hydrogen-bond acceptors (Lipinski definition) is 2. The summed E-state index contributed by atoms with van der Waals surface area (Å²) in [5, 5.41) is 3.71. The van der Waals surface area contributed by atoms with Gasteiger partial charge >= 0.3 is 0 Å². The molecule has 0 aromatic heterocycles. The Morgan fingerprint density at radius 2 is 2.19 bits per heavy atom. The van der Waals surface area contributed by atoms with Crippen molar-refractivity contribution in [1.29, 1.82) is 0 Å². The molecule has 21 heavy (non-hydrogen) atoms. The van der Waals surface area contributed by atoms with Gasteiger partial charge in [-0.05, 0) is 65.7 Å². The predicted octanol–water partition coefficient (Wildman–Crippen LogP) is 3.94. The molecule has 116 valence electrons. The lowest BCUT2D eigenvalue weighted by atomic mass is 9.88. The van der Waals surface area contributed by atoms with E-state index in [9.17, 15) is 4.39 Å². The van der Waals surface area contributed by atoms with Gasteiger partial charge < -0.3 is 5.32 Å². The largest absolute Gasteiger partial charge is 0.311 e. The van der Waals surface area contributed by atoms with Crippen molar-refractivity contribution in [3.63, 3.8) is 0 Å². The Kier molecular flexibility index (Phi) is 4.40. The molecule has 3 rings (SSSR count). The number of halogens is 2. The summed E-state index contributed by atoms with van der Waals surface area (Å²) in [4.78, 5) is 2.62. The van der Waals surface area contributed by atoms with E-state index in [-0.39, 0.29) is 11.4 Å². The van der Waals surface area contributed by atoms with Gasteiger partial charge in [-0.1, -0.05) is 13.0 Å². The van der Waals surface area contributed by atoms with Crippen LogP contribution in [0.2, 0.25) is 0 Å². The summed E-state index contributed by atoms with van der Waals surface area (Å²) < 4.78 is 14.0. The van der Waals surface area contributed by atoms with E-state index in [0.29, 0.717) is 10.5 Å². The van der Waals surface area contributed by atoms with Crippen LogP contribution in [0.5, 0.6) is 0 Å². The van der Waals surface area contributed by atoms with Crippen LogP contribution >= 0.6 is 15.9 Å². The lowest BCUT2D eigenvalue weighted by Gasteiger charge is -2.48. The van der Waals surface area contributed by atoms with E-state index >= 15 is 0 Å². The van der Waals surface area contributed by atoms with Crippen molar-refractivity contribution in [2.24, 2.45) is 5.92 Å². The third-order valence-corrected chi connectivity index (χ3v) is 5.83. The number of hydrogen-bond donors (Lipinski definition) is 1. The quantitative estimate of drug-likeness (QED) is 0.880. The van der Waals surface area contributed by atoms with Gasteiger partial charge in [0.25, 0.3) is 0 Å². The zero-order valence-electron chi connectivity index (χ0n) is 12.8. The van der Waals surface area contributed by atoms with Crippen molar-refractivity contribution in [3.8, 4) is 0 Å². The van der Waals surface area contributed by atoms with E-state index in [0.717, 1.165) is 32.0 Å². The Bertz CT molecular complexity index is 518. The highest BCUT2D eigenvalue weighted by molar-refractivity contribution is 9.10. The minimum Gasteiger partial charge on any atom is -0.311 e. The summed E-state index contributed by atoms with van der Waals surface area (Å²) in [6.45, 7) is 7.69. The van der Waals surface area contributed by atoms with Gasteiger partial charge in [0.05, 0.1) is 4.47 Å². The van der Waals surface area contributed by atoms with Gasteiger partial charge in [0.1, 0.15) is 5.82 Å². The molecule has 1 heterocycles. The molecule has 1 saturated heterocycles. The normalized spacial score (nSPS) is 30.6. The molecule has 1 N–H and O–H groups in total. The van der Waals surface area contributed by atoms with Crippen LogP contribution < -0.4 is 5.32 Å². The zero-order chi connectivity index (χ0) is 15.0. The van der Waals surface area contributed by atoms with Gasteiger partial charge in [-0.15, -0.1) is 0 Å². The first kappa shape index (κ1) is 15.4. The van der Waals surface area contributed by atoms with E-state index in [2.05, 4.69) is 40.0 Å². The maximum atomic E-state index is 13.4. The molecule has 2 atom stereocenters. The highest BCUT2D eigenvalue weighted by Gasteiger charge is 2.47. The van der Waals surface area contributed by atoms with E-state index in [1.165, 1.54) is 18.4 Å². The zero-order valence-corrected chi connectivity index (χ0v) is 14.4. The third-order valence-electron chi connectivity index (χ3n) is 5.22. The second-order valence-electron chi connectivity index (χ2n) is 6.75. The van der Waals surface area contributed by atoms with Crippen molar-refractivity contribution in [1.82, 2.24) is 10.2 Å². The molecule has 2 nitrogen and oxygen atoms in total. The number of rotatable bonds is 4. The Balaban J connectivity index is 1.79.